The van der Waals surface area contributed by atoms with Gasteiger partial charge in [0, 0.05) is 13.1 Å². The number of urea groups is 1. The largest absolute Gasteiger partial charge is 0.480 e. The minimum absolute atomic E-state index is 0.320. The molecule has 0 aromatic heterocycles. The van der Waals surface area contributed by atoms with E-state index in [0.717, 1.165) is 26.1 Å². The lowest BCUT2D eigenvalue weighted by Crippen LogP contribution is -2.54. The van der Waals surface area contributed by atoms with Gasteiger partial charge in [-0.15, -0.1) is 0 Å². The zero-order valence-electron chi connectivity index (χ0n) is 13.4. The number of hydrogen-bond acceptors (Lipinski definition) is 3. The van der Waals surface area contributed by atoms with E-state index in [4.69, 9.17) is 5.11 Å². The third-order valence-corrected chi connectivity index (χ3v) is 3.42. The molecule has 0 aromatic rings. The first-order valence-electron chi connectivity index (χ1n) is 7.31. The van der Waals surface area contributed by atoms with E-state index >= 15 is 0 Å². The van der Waals surface area contributed by atoms with Crippen molar-refractivity contribution in [3.05, 3.63) is 0 Å². The molecule has 0 radical (unpaired) electrons. The number of rotatable bonds is 9. The van der Waals surface area contributed by atoms with E-state index in [0.29, 0.717) is 13.1 Å². The molecule has 0 rings (SSSR count). The first-order chi connectivity index (χ1) is 9.28. The molecule has 0 aliphatic carbocycles. The van der Waals surface area contributed by atoms with E-state index in [1.807, 2.05) is 6.92 Å². The predicted molar refractivity (Wildman–Crippen MR) is 79.9 cm³/mol. The Kier molecular flexibility index (Phi) is 8.22. The number of carbonyl (C=O) groups is 2. The number of hydrogen-bond donors (Lipinski definition) is 2. The van der Waals surface area contributed by atoms with Gasteiger partial charge in [0.05, 0.1) is 0 Å². The van der Waals surface area contributed by atoms with Gasteiger partial charge in [-0.25, -0.2) is 9.59 Å². The average Bonchev–Trinajstić information content (AvgIpc) is 2.38. The van der Waals surface area contributed by atoms with Crippen LogP contribution in [-0.4, -0.2) is 65.2 Å². The Morgan fingerprint density at radius 2 is 1.60 bits per heavy atom. The maximum Gasteiger partial charge on any atom is 0.328 e. The van der Waals surface area contributed by atoms with Crippen LogP contribution in [-0.2, 0) is 4.79 Å². The highest BCUT2D eigenvalue weighted by molar-refractivity contribution is 5.85. The molecule has 0 aliphatic rings. The van der Waals surface area contributed by atoms with Crippen molar-refractivity contribution in [2.24, 2.45) is 0 Å². The molecule has 6 heteroatoms. The normalized spacial score (nSPS) is 11.5. The van der Waals surface area contributed by atoms with Gasteiger partial charge in [-0.05, 0) is 46.8 Å². The highest BCUT2D eigenvalue weighted by Crippen LogP contribution is 2.04. The summed E-state index contributed by atoms with van der Waals surface area (Å²) in [4.78, 5) is 27.0. The summed E-state index contributed by atoms with van der Waals surface area (Å²) in [6.45, 7) is 13.2. The van der Waals surface area contributed by atoms with E-state index in [-0.39, 0.29) is 6.03 Å². The first-order valence-corrected chi connectivity index (χ1v) is 7.31. The second-order valence-electron chi connectivity index (χ2n) is 5.32. The SMILES string of the molecule is CCN(CC)CCCN(CC)C(=O)NC(C)(C)C(=O)O. The molecule has 20 heavy (non-hydrogen) atoms. The van der Waals surface area contributed by atoms with Crippen LogP contribution in [0.25, 0.3) is 0 Å². The lowest BCUT2D eigenvalue weighted by molar-refractivity contribution is -0.143. The van der Waals surface area contributed by atoms with Gasteiger partial charge >= 0.3 is 12.0 Å². The van der Waals surface area contributed by atoms with Crippen LogP contribution in [0.15, 0.2) is 0 Å². The van der Waals surface area contributed by atoms with Crippen LogP contribution in [0, 0.1) is 0 Å². The molecule has 0 fully saturated rings. The molecule has 0 aliphatic heterocycles. The Labute approximate surface area is 122 Å². The van der Waals surface area contributed by atoms with Crippen molar-refractivity contribution < 1.29 is 14.7 Å². The van der Waals surface area contributed by atoms with Crippen molar-refractivity contribution in [3.8, 4) is 0 Å². The summed E-state index contributed by atoms with van der Waals surface area (Å²) in [7, 11) is 0. The van der Waals surface area contributed by atoms with Gasteiger partial charge in [0.1, 0.15) is 5.54 Å². The van der Waals surface area contributed by atoms with Gasteiger partial charge in [0.15, 0.2) is 0 Å². The van der Waals surface area contributed by atoms with Crippen LogP contribution in [0.5, 0.6) is 0 Å². The molecule has 0 saturated heterocycles. The fourth-order valence-corrected chi connectivity index (χ4v) is 1.83. The molecule has 6 nitrogen and oxygen atoms in total. The Balaban J connectivity index is 4.32. The Bertz CT molecular complexity index is 315. The van der Waals surface area contributed by atoms with E-state index in [9.17, 15) is 9.59 Å². The quantitative estimate of drug-likeness (QED) is 0.676. The molecule has 0 bridgehead atoms. The van der Waals surface area contributed by atoms with Crippen LogP contribution in [0.1, 0.15) is 41.0 Å². The van der Waals surface area contributed by atoms with Crippen molar-refractivity contribution in [1.82, 2.24) is 15.1 Å². The van der Waals surface area contributed by atoms with Gasteiger partial charge in [-0.1, -0.05) is 13.8 Å². The summed E-state index contributed by atoms with van der Waals surface area (Å²) < 4.78 is 0. The highest BCUT2D eigenvalue weighted by atomic mass is 16.4. The Morgan fingerprint density at radius 1 is 1.05 bits per heavy atom. The molecule has 118 valence electrons. The average molecular weight is 287 g/mol. The van der Waals surface area contributed by atoms with Crippen molar-refractivity contribution in [1.29, 1.82) is 0 Å². The summed E-state index contributed by atoms with van der Waals surface area (Å²) in [5.41, 5.74) is -1.25. The number of carboxylic acid groups (broad SMARTS) is 1. The third kappa shape index (κ3) is 6.23. The van der Waals surface area contributed by atoms with Crippen molar-refractivity contribution >= 4 is 12.0 Å². The summed E-state index contributed by atoms with van der Waals surface area (Å²) in [5.74, 6) is -1.04. The van der Waals surface area contributed by atoms with Crippen LogP contribution in [0.4, 0.5) is 4.79 Å². The van der Waals surface area contributed by atoms with Gasteiger partial charge in [0.25, 0.3) is 0 Å². The molecule has 2 N–H and O–H groups in total. The molecule has 0 unspecified atom stereocenters. The lowest BCUT2D eigenvalue weighted by Gasteiger charge is -2.28. The highest BCUT2D eigenvalue weighted by Gasteiger charge is 2.30. The first kappa shape index (κ1) is 18.7. The van der Waals surface area contributed by atoms with Crippen LogP contribution in [0.3, 0.4) is 0 Å². The minimum Gasteiger partial charge on any atom is -0.480 e. The fourth-order valence-electron chi connectivity index (χ4n) is 1.83. The minimum atomic E-state index is -1.25. The topological polar surface area (TPSA) is 72.9 Å². The zero-order chi connectivity index (χ0) is 15.8. The van der Waals surface area contributed by atoms with Gasteiger partial charge in [-0.3, -0.25) is 0 Å². The number of carboxylic acids is 1. The number of aliphatic carboxylic acids is 1. The molecule has 0 atom stereocenters. The molecule has 0 saturated carbocycles. The molecule has 0 aromatic carbocycles. The smallest absolute Gasteiger partial charge is 0.328 e. The molecule has 0 heterocycles. The lowest BCUT2D eigenvalue weighted by atomic mass is 10.1. The van der Waals surface area contributed by atoms with E-state index < -0.39 is 11.5 Å². The van der Waals surface area contributed by atoms with E-state index in [2.05, 4.69) is 24.1 Å². The van der Waals surface area contributed by atoms with Crippen molar-refractivity contribution in [2.75, 3.05) is 32.7 Å². The van der Waals surface area contributed by atoms with Crippen molar-refractivity contribution in [3.63, 3.8) is 0 Å². The fraction of sp³-hybridized carbons (Fsp3) is 0.857. The summed E-state index contributed by atoms with van der Waals surface area (Å²) in [6, 6.07) is -0.320. The molecule has 0 spiro atoms. The van der Waals surface area contributed by atoms with Crippen LogP contribution >= 0.6 is 0 Å². The number of nitrogens with zero attached hydrogens (tertiary/aromatic N) is 2. The number of carbonyl (C=O) groups excluding carboxylic acids is 1. The second-order valence-corrected chi connectivity index (χ2v) is 5.32. The van der Waals surface area contributed by atoms with Crippen LogP contribution in [0.2, 0.25) is 0 Å². The zero-order valence-corrected chi connectivity index (χ0v) is 13.4. The third-order valence-electron chi connectivity index (χ3n) is 3.42. The van der Waals surface area contributed by atoms with Gasteiger partial charge < -0.3 is 20.2 Å². The maximum absolute atomic E-state index is 12.0. The molecular weight excluding hydrogens is 258 g/mol. The monoisotopic (exact) mass is 287 g/mol. The number of amides is 2. The Hall–Kier alpha value is -1.30. The summed E-state index contributed by atoms with van der Waals surface area (Å²) in [5, 5.41) is 11.6. The standard InChI is InChI=1S/C14H29N3O3/c1-6-16(7-2)10-9-11-17(8-3)13(20)15-14(4,5)12(18)19/h6-11H2,1-5H3,(H,15,20)(H,18,19). The molecular formula is C14H29N3O3. The summed E-state index contributed by atoms with van der Waals surface area (Å²) >= 11 is 0. The van der Waals surface area contributed by atoms with Crippen LogP contribution < -0.4 is 5.32 Å². The summed E-state index contributed by atoms with van der Waals surface area (Å²) in [6.07, 6.45) is 0.885. The van der Waals surface area contributed by atoms with Gasteiger partial charge in [0.2, 0.25) is 0 Å². The Morgan fingerprint density at radius 3 is 2.00 bits per heavy atom. The van der Waals surface area contributed by atoms with E-state index in [1.165, 1.54) is 13.8 Å². The van der Waals surface area contributed by atoms with Crippen molar-refractivity contribution in [2.45, 2.75) is 46.6 Å². The maximum atomic E-state index is 12.0. The van der Waals surface area contributed by atoms with E-state index in [1.54, 1.807) is 4.90 Å². The number of nitrogens with one attached hydrogen (secondary N) is 1. The molecule has 2 amide bonds. The second kappa shape index (κ2) is 8.79. The predicted octanol–water partition coefficient (Wildman–Crippen LogP) is 1.61. The van der Waals surface area contributed by atoms with Gasteiger partial charge in [-0.2, -0.15) is 0 Å².